The molecule has 0 atom stereocenters. The second-order valence-corrected chi connectivity index (χ2v) is 46.9. The molecule has 4 heterocycles. The summed E-state index contributed by atoms with van der Waals surface area (Å²) in [6, 6.07) is 0. The zero-order valence-corrected chi connectivity index (χ0v) is 7.68. The van der Waals surface area contributed by atoms with E-state index in [-0.39, 0.29) is 12.7 Å². The fourth-order valence-corrected chi connectivity index (χ4v) is 162. The first kappa shape index (κ1) is 3.69. The number of rotatable bonds is 0. The third-order valence-corrected chi connectivity index (χ3v) is 97.2. The molecule has 0 N–H and O–H groups in total. The molecule has 0 aromatic heterocycles. The van der Waals surface area contributed by atoms with Gasteiger partial charge >= 0.3 is 40.0 Å². The Balaban J connectivity index is 2.37. The number of hydrogen-bond donors (Lipinski definition) is 0. The van der Waals surface area contributed by atoms with Crippen LogP contribution in [0, 0.1) is 0 Å². The third-order valence-electron chi connectivity index (χ3n) is 2.57. The Hall–Kier alpha value is 1.72. The van der Waals surface area contributed by atoms with Gasteiger partial charge in [0, 0.05) is 0 Å². The molecule has 0 amide bonds. The number of hydrogen-bond acceptors (Lipinski definition) is 0. The summed E-state index contributed by atoms with van der Waals surface area (Å²) in [5.41, 5.74) is 0. The predicted molar refractivity (Wildman–Crippen MR) is 42.3 cm³/mol. The Bertz CT molecular complexity index is 126. The van der Waals surface area contributed by atoms with Gasteiger partial charge in [0.15, 0.2) is 0 Å². The Morgan fingerprint density at radius 1 is 1.00 bits per heavy atom. The van der Waals surface area contributed by atoms with Crippen molar-refractivity contribution in [1.82, 2.24) is 0 Å². The van der Waals surface area contributed by atoms with E-state index >= 15 is 0 Å². The second kappa shape index (κ2) is 0.565. The minimum atomic E-state index is 0.0332. The summed E-state index contributed by atoms with van der Waals surface area (Å²) in [5.74, 6) is 0. The SMILES string of the molecule is C[PH]12P3P1[PH]32C. The van der Waals surface area contributed by atoms with Gasteiger partial charge in [0.05, 0.1) is 0 Å². The normalized spacial score (nSPS) is 79.7. The topological polar surface area (TPSA) is 0 Å². The molecule has 0 bridgehead atoms. The van der Waals surface area contributed by atoms with E-state index in [1.807, 2.05) is 0 Å². The van der Waals surface area contributed by atoms with Gasteiger partial charge in [-0.3, -0.25) is 0 Å². The van der Waals surface area contributed by atoms with Gasteiger partial charge in [-0.15, -0.1) is 0 Å². The standard InChI is InChI=1S/C2H8P4/c1-5-3-4(5)6(3,5)2/h5-6H,1-2H3. The molecule has 0 spiro atoms. The molecule has 4 saturated heterocycles. The van der Waals surface area contributed by atoms with Gasteiger partial charge in [-0.2, -0.15) is 0 Å². The molecule has 0 nitrogen and oxygen atoms in total. The van der Waals surface area contributed by atoms with Gasteiger partial charge in [-0.25, -0.2) is 0 Å². The summed E-state index contributed by atoms with van der Waals surface area (Å²) in [6.45, 7) is 7.47. The first-order valence-corrected chi connectivity index (χ1v) is 15.1. The Morgan fingerprint density at radius 2 is 1.17 bits per heavy atom. The molecule has 6 heavy (non-hydrogen) atoms. The van der Waals surface area contributed by atoms with Gasteiger partial charge in [0.1, 0.15) is 0 Å². The van der Waals surface area contributed by atoms with Crippen LogP contribution >= 0.6 is 26.6 Å². The first-order chi connectivity index (χ1) is 2.74. The molecule has 4 aliphatic heterocycles. The van der Waals surface area contributed by atoms with E-state index in [2.05, 4.69) is 13.3 Å². The molecular formula is C2H8P4. The van der Waals surface area contributed by atoms with E-state index in [1.54, 1.807) is 0 Å². The quantitative estimate of drug-likeness (QED) is 0.472. The summed E-state index contributed by atoms with van der Waals surface area (Å²) in [5, 5.41) is 0. The summed E-state index contributed by atoms with van der Waals surface area (Å²) in [4.78, 5) is 0. The molecule has 0 radical (unpaired) electrons. The zero-order chi connectivity index (χ0) is 4.15. The fourth-order valence-electron chi connectivity index (χ4n) is 1.58. The molecule has 0 saturated carbocycles. The van der Waals surface area contributed by atoms with Crippen molar-refractivity contribution >= 4 is 26.6 Å². The van der Waals surface area contributed by atoms with Crippen molar-refractivity contribution < 1.29 is 0 Å². The van der Waals surface area contributed by atoms with E-state index in [9.17, 15) is 0 Å². The Kier molecular flexibility index (Phi) is 0.348. The van der Waals surface area contributed by atoms with Crippen LogP contribution in [0.4, 0.5) is 0 Å². The Morgan fingerprint density at radius 3 is 1.17 bits per heavy atom. The van der Waals surface area contributed by atoms with Crippen molar-refractivity contribution in [2.24, 2.45) is 0 Å². The molecule has 4 aliphatic rings. The molecule has 0 aromatic rings. The van der Waals surface area contributed by atoms with Crippen LogP contribution in [-0.4, -0.2) is 13.3 Å². The van der Waals surface area contributed by atoms with Gasteiger partial charge in [0.2, 0.25) is 0 Å². The van der Waals surface area contributed by atoms with Crippen molar-refractivity contribution in [1.29, 1.82) is 0 Å². The average Bonchev–Trinajstić information content (AvgIpc) is 2.24. The minimum absolute atomic E-state index is 0.0332. The van der Waals surface area contributed by atoms with Crippen molar-refractivity contribution in [3.05, 3.63) is 0 Å². The van der Waals surface area contributed by atoms with Crippen molar-refractivity contribution in [2.45, 2.75) is 0 Å². The zero-order valence-electron chi connectivity index (χ0n) is 3.89. The molecule has 4 fully saturated rings. The Labute approximate surface area is 40.6 Å². The molecular weight excluding hydrogens is 148 g/mol. The van der Waals surface area contributed by atoms with Crippen molar-refractivity contribution in [3.8, 4) is 0 Å². The van der Waals surface area contributed by atoms with Gasteiger partial charge in [-0.05, 0) is 0 Å². The second-order valence-electron chi connectivity index (χ2n) is 2.67. The van der Waals surface area contributed by atoms with Crippen LogP contribution in [0.25, 0.3) is 0 Å². The van der Waals surface area contributed by atoms with Crippen LogP contribution in [-0.2, 0) is 0 Å². The molecule has 36 valence electrons. The van der Waals surface area contributed by atoms with Crippen LogP contribution in [0.15, 0.2) is 0 Å². The molecule has 0 aliphatic carbocycles. The third kappa shape index (κ3) is 0.135. The summed E-state index contributed by atoms with van der Waals surface area (Å²) < 4.78 is 0. The predicted octanol–water partition coefficient (Wildman–Crippen LogP) is 3.24. The van der Waals surface area contributed by atoms with E-state index < -0.39 is 0 Å². The summed E-state index contributed by atoms with van der Waals surface area (Å²) in [7, 11) is 0. The van der Waals surface area contributed by atoms with Crippen molar-refractivity contribution in [2.75, 3.05) is 13.3 Å². The molecule has 4 rings (SSSR count). The summed E-state index contributed by atoms with van der Waals surface area (Å²) in [6.07, 6.45) is 0.0664. The van der Waals surface area contributed by atoms with E-state index in [1.165, 1.54) is 0 Å². The van der Waals surface area contributed by atoms with Crippen molar-refractivity contribution in [3.63, 3.8) is 0 Å². The average molecular weight is 156 g/mol. The maximum atomic E-state index is 2.68. The molecule has 4 heteroatoms. The van der Waals surface area contributed by atoms with Crippen LogP contribution < -0.4 is 0 Å². The van der Waals surface area contributed by atoms with Crippen LogP contribution in [0.1, 0.15) is 0 Å². The van der Waals surface area contributed by atoms with Gasteiger partial charge in [0.25, 0.3) is 0 Å². The van der Waals surface area contributed by atoms with E-state index in [0.717, 1.165) is 14.0 Å². The van der Waals surface area contributed by atoms with Gasteiger partial charge < -0.3 is 0 Å². The first-order valence-electron chi connectivity index (χ1n) is 2.34. The van der Waals surface area contributed by atoms with Crippen LogP contribution in [0.3, 0.4) is 0 Å². The summed E-state index contributed by atoms with van der Waals surface area (Å²) >= 11 is 0. The van der Waals surface area contributed by atoms with Crippen LogP contribution in [0.2, 0.25) is 0 Å². The molecule has 0 aromatic carbocycles. The molecule has 0 unspecified atom stereocenters. The maximum absolute atomic E-state index is 2.68. The van der Waals surface area contributed by atoms with E-state index in [4.69, 9.17) is 0 Å². The van der Waals surface area contributed by atoms with Gasteiger partial charge in [-0.1, -0.05) is 0 Å². The van der Waals surface area contributed by atoms with Crippen LogP contribution in [0.5, 0.6) is 0 Å². The fraction of sp³-hybridized carbons (Fsp3) is 1.00. The monoisotopic (exact) mass is 156 g/mol. The van der Waals surface area contributed by atoms with E-state index in [0.29, 0.717) is 0 Å².